The molecule has 0 aliphatic heterocycles. The fourth-order valence-corrected chi connectivity index (χ4v) is 4.02. The maximum atomic E-state index is 12.5. The molecule has 2 N–H and O–H groups in total. The zero-order valence-electron chi connectivity index (χ0n) is 17.5. The third-order valence-electron chi connectivity index (χ3n) is 5.77. The zero-order chi connectivity index (χ0) is 21.6. The first-order valence-electron chi connectivity index (χ1n) is 10.5. The number of rotatable bonds is 8. The Morgan fingerprint density at radius 2 is 1.52 bits per heavy atom. The fourth-order valence-electron chi connectivity index (χ4n) is 4.02. The van der Waals surface area contributed by atoms with Crippen molar-refractivity contribution in [3.8, 4) is 11.1 Å². The molecule has 5 nitrogen and oxygen atoms in total. The predicted octanol–water partition coefficient (Wildman–Crippen LogP) is 4.49. The van der Waals surface area contributed by atoms with Gasteiger partial charge in [-0.15, -0.1) is 0 Å². The van der Waals surface area contributed by atoms with Crippen LogP contribution >= 0.6 is 0 Å². The lowest BCUT2D eigenvalue weighted by atomic mass is 9.98. The molecular formula is C26H27NO4. The van der Waals surface area contributed by atoms with Gasteiger partial charge in [-0.25, -0.2) is 4.79 Å². The van der Waals surface area contributed by atoms with Crippen LogP contribution in [0, 0.1) is 0 Å². The molecule has 3 aromatic carbocycles. The Kier molecular flexibility index (Phi) is 6.65. The van der Waals surface area contributed by atoms with E-state index in [-0.39, 0.29) is 25.2 Å². The molecule has 0 heterocycles. The number of benzene rings is 3. The van der Waals surface area contributed by atoms with Crippen LogP contribution in [0.5, 0.6) is 0 Å². The second kappa shape index (κ2) is 9.77. The zero-order valence-corrected chi connectivity index (χ0v) is 17.5. The first-order valence-corrected chi connectivity index (χ1v) is 10.5. The molecule has 1 aliphatic carbocycles. The number of hydrogen-bond acceptors (Lipinski definition) is 4. The van der Waals surface area contributed by atoms with Gasteiger partial charge in [0.25, 0.3) is 0 Å². The molecule has 31 heavy (non-hydrogen) atoms. The Bertz CT molecular complexity index is 975. The van der Waals surface area contributed by atoms with Crippen molar-refractivity contribution in [2.24, 2.45) is 0 Å². The van der Waals surface area contributed by atoms with Gasteiger partial charge in [-0.1, -0.05) is 78.9 Å². The van der Waals surface area contributed by atoms with E-state index in [0.29, 0.717) is 6.61 Å². The molecule has 4 rings (SSSR count). The van der Waals surface area contributed by atoms with Crippen LogP contribution in [0.4, 0.5) is 4.79 Å². The second-order valence-corrected chi connectivity index (χ2v) is 7.76. The average Bonchev–Trinajstić information content (AvgIpc) is 3.14. The van der Waals surface area contributed by atoms with Gasteiger partial charge in [0.2, 0.25) is 0 Å². The number of amides is 1. The summed E-state index contributed by atoms with van der Waals surface area (Å²) in [6.07, 6.45) is -0.929. The molecule has 0 spiro atoms. The number of carbonyl (C=O) groups is 1. The molecule has 2 atom stereocenters. The molecule has 0 aromatic heterocycles. The van der Waals surface area contributed by atoms with E-state index in [9.17, 15) is 9.90 Å². The molecule has 0 radical (unpaired) electrons. The van der Waals surface area contributed by atoms with E-state index in [1.165, 1.54) is 11.1 Å². The van der Waals surface area contributed by atoms with Crippen molar-refractivity contribution in [1.29, 1.82) is 0 Å². The number of alkyl carbamates (subject to hydrolysis) is 1. The van der Waals surface area contributed by atoms with E-state index >= 15 is 0 Å². The topological polar surface area (TPSA) is 67.8 Å². The van der Waals surface area contributed by atoms with Gasteiger partial charge in [0.05, 0.1) is 25.4 Å². The molecule has 0 unspecified atom stereocenters. The maximum Gasteiger partial charge on any atom is 0.407 e. The van der Waals surface area contributed by atoms with Gasteiger partial charge in [-0.2, -0.15) is 0 Å². The van der Waals surface area contributed by atoms with Crippen LogP contribution in [-0.4, -0.2) is 36.6 Å². The average molecular weight is 418 g/mol. The minimum Gasteiger partial charge on any atom is -0.449 e. The summed E-state index contributed by atoms with van der Waals surface area (Å²) in [7, 11) is 0. The number of hydrogen-bond donors (Lipinski definition) is 2. The molecular weight excluding hydrogens is 390 g/mol. The molecule has 0 fully saturated rings. The SMILES string of the molecule is C[C@H](OCc1ccccc1)[C@H](CO)NC(=O)OCC1c2ccccc2-c2ccccc21. The van der Waals surface area contributed by atoms with Crippen LogP contribution in [-0.2, 0) is 16.1 Å². The second-order valence-electron chi connectivity index (χ2n) is 7.76. The Labute approximate surface area is 182 Å². The molecule has 5 heteroatoms. The van der Waals surface area contributed by atoms with E-state index < -0.39 is 12.1 Å². The van der Waals surface area contributed by atoms with Gasteiger partial charge < -0.3 is 19.9 Å². The molecule has 0 bridgehead atoms. The standard InChI is InChI=1S/C26H27NO4/c1-18(30-16-19-9-3-2-4-10-19)25(15-28)27-26(29)31-17-24-22-13-7-5-11-20(22)21-12-6-8-14-23(21)24/h2-14,18,24-25,28H,15-17H2,1H3,(H,27,29)/t18-,25-/m0/s1. The lowest BCUT2D eigenvalue weighted by Gasteiger charge is -2.24. The van der Waals surface area contributed by atoms with Crippen LogP contribution in [0.3, 0.4) is 0 Å². The Balaban J connectivity index is 1.34. The van der Waals surface area contributed by atoms with Crippen molar-refractivity contribution in [2.75, 3.05) is 13.2 Å². The first-order chi connectivity index (χ1) is 15.2. The highest BCUT2D eigenvalue weighted by molar-refractivity contribution is 5.79. The van der Waals surface area contributed by atoms with Gasteiger partial charge in [0.1, 0.15) is 6.61 Å². The lowest BCUT2D eigenvalue weighted by Crippen LogP contribution is -2.46. The highest BCUT2D eigenvalue weighted by atomic mass is 16.5. The van der Waals surface area contributed by atoms with Crippen molar-refractivity contribution < 1.29 is 19.4 Å². The van der Waals surface area contributed by atoms with Crippen LogP contribution in [0.1, 0.15) is 29.5 Å². The Morgan fingerprint density at radius 1 is 0.935 bits per heavy atom. The van der Waals surface area contributed by atoms with Gasteiger partial charge in [0, 0.05) is 5.92 Å². The molecule has 1 aliphatic rings. The van der Waals surface area contributed by atoms with Crippen LogP contribution in [0.15, 0.2) is 78.9 Å². The minimum absolute atomic E-state index is 0.00233. The van der Waals surface area contributed by atoms with E-state index in [2.05, 4.69) is 29.6 Å². The third kappa shape index (κ3) is 4.79. The van der Waals surface area contributed by atoms with E-state index in [4.69, 9.17) is 9.47 Å². The Morgan fingerprint density at radius 3 is 2.13 bits per heavy atom. The molecule has 0 saturated heterocycles. The summed E-state index contributed by atoms with van der Waals surface area (Å²) in [4.78, 5) is 12.5. The molecule has 0 saturated carbocycles. The van der Waals surface area contributed by atoms with Crippen LogP contribution in [0.2, 0.25) is 0 Å². The monoisotopic (exact) mass is 417 g/mol. The summed E-state index contributed by atoms with van der Waals surface area (Å²) >= 11 is 0. The highest BCUT2D eigenvalue weighted by Gasteiger charge is 2.29. The molecule has 3 aromatic rings. The van der Waals surface area contributed by atoms with Gasteiger partial charge >= 0.3 is 6.09 Å². The largest absolute Gasteiger partial charge is 0.449 e. The summed E-state index contributed by atoms with van der Waals surface area (Å²) in [5.74, 6) is -0.00233. The van der Waals surface area contributed by atoms with Crippen LogP contribution in [0.25, 0.3) is 11.1 Å². The number of aliphatic hydroxyl groups excluding tert-OH is 1. The third-order valence-corrected chi connectivity index (χ3v) is 5.77. The highest BCUT2D eigenvalue weighted by Crippen LogP contribution is 2.44. The quantitative estimate of drug-likeness (QED) is 0.567. The van der Waals surface area contributed by atoms with Gasteiger partial charge in [-0.05, 0) is 34.7 Å². The number of carbonyl (C=O) groups excluding carboxylic acids is 1. The fraction of sp³-hybridized carbons (Fsp3) is 0.269. The maximum absolute atomic E-state index is 12.5. The summed E-state index contributed by atoms with van der Waals surface area (Å²) in [5.41, 5.74) is 5.73. The van der Waals surface area contributed by atoms with Crippen molar-refractivity contribution in [3.05, 3.63) is 95.6 Å². The number of nitrogens with one attached hydrogen (secondary N) is 1. The van der Waals surface area contributed by atoms with E-state index in [1.54, 1.807) is 0 Å². The normalized spacial score (nSPS) is 14.4. The summed E-state index contributed by atoms with van der Waals surface area (Å²) in [6.45, 7) is 2.23. The lowest BCUT2D eigenvalue weighted by molar-refractivity contribution is 0.0107. The van der Waals surface area contributed by atoms with E-state index in [1.807, 2.05) is 61.5 Å². The predicted molar refractivity (Wildman–Crippen MR) is 120 cm³/mol. The summed E-state index contributed by atoms with van der Waals surface area (Å²) < 4.78 is 11.4. The summed E-state index contributed by atoms with van der Waals surface area (Å²) in [5, 5.41) is 12.5. The Hall–Kier alpha value is -3.15. The molecule has 160 valence electrons. The van der Waals surface area contributed by atoms with Crippen molar-refractivity contribution in [2.45, 2.75) is 31.6 Å². The minimum atomic E-state index is -0.559. The van der Waals surface area contributed by atoms with Crippen molar-refractivity contribution >= 4 is 6.09 Å². The number of ether oxygens (including phenoxy) is 2. The van der Waals surface area contributed by atoms with Gasteiger partial charge in [-0.3, -0.25) is 0 Å². The number of fused-ring (bicyclic) bond motifs is 3. The first kappa shape index (κ1) is 21.1. The smallest absolute Gasteiger partial charge is 0.407 e. The van der Waals surface area contributed by atoms with Crippen LogP contribution < -0.4 is 5.32 Å². The van der Waals surface area contributed by atoms with Crippen molar-refractivity contribution in [3.63, 3.8) is 0 Å². The van der Waals surface area contributed by atoms with E-state index in [0.717, 1.165) is 16.7 Å². The molecule has 1 amide bonds. The van der Waals surface area contributed by atoms with Crippen molar-refractivity contribution in [1.82, 2.24) is 5.32 Å². The van der Waals surface area contributed by atoms with Gasteiger partial charge in [0.15, 0.2) is 0 Å². The summed E-state index contributed by atoms with van der Waals surface area (Å²) in [6, 6.07) is 25.6. The number of aliphatic hydroxyl groups is 1.